The average molecular weight is 429 g/mol. The number of amides is 1. The first-order valence-corrected chi connectivity index (χ1v) is 10.9. The molecule has 1 aliphatic heterocycles. The maximum atomic E-state index is 12.6. The number of sulfonamides is 1. The molecule has 0 unspecified atom stereocenters. The molecule has 2 aromatic rings. The quantitative estimate of drug-likeness (QED) is 0.708. The third-order valence-corrected chi connectivity index (χ3v) is 5.88. The molecule has 30 heavy (non-hydrogen) atoms. The number of carbonyl (C=O) groups is 2. The molecule has 0 saturated heterocycles. The van der Waals surface area contributed by atoms with E-state index < -0.39 is 28.6 Å². The minimum Gasteiger partial charge on any atom is -0.454 e. The van der Waals surface area contributed by atoms with E-state index in [9.17, 15) is 18.0 Å². The normalized spacial score (nSPS) is 16.6. The van der Waals surface area contributed by atoms with E-state index in [1.807, 2.05) is 32.0 Å². The van der Waals surface area contributed by atoms with Crippen LogP contribution in [-0.4, -0.2) is 44.8 Å². The van der Waals surface area contributed by atoms with Crippen LogP contribution in [0.1, 0.15) is 26.3 Å². The highest BCUT2D eigenvalue weighted by molar-refractivity contribution is 7.90. The lowest BCUT2D eigenvalue weighted by Crippen LogP contribution is -2.40. The van der Waals surface area contributed by atoms with Gasteiger partial charge < -0.3 is 9.64 Å². The zero-order valence-electron chi connectivity index (χ0n) is 16.9. The molecular weight excluding hydrogens is 406 g/mol. The van der Waals surface area contributed by atoms with Gasteiger partial charge in [-0.05, 0) is 45.0 Å². The zero-order valence-corrected chi connectivity index (χ0v) is 17.7. The van der Waals surface area contributed by atoms with Crippen LogP contribution in [0.4, 0.5) is 5.69 Å². The number of ether oxygens (including phenoxy) is 1. The lowest BCUT2D eigenvalue weighted by atomic mass is 10.2. The van der Waals surface area contributed by atoms with Crippen molar-refractivity contribution in [2.24, 2.45) is 4.99 Å². The van der Waals surface area contributed by atoms with Crippen molar-refractivity contribution in [3.8, 4) is 0 Å². The summed E-state index contributed by atoms with van der Waals surface area (Å²) in [6.07, 6.45) is 0. The van der Waals surface area contributed by atoms with Crippen LogP contribution in [0.15, 0.2) is 64.5 Å². The van der Waals surface area contributed by atoms with Gasteiger partial charge in [0.2, 0.25) is 0 Å². The maximum absolute atomic E-state index is 12.6. The van der Waals surface area contributed by atoms with Gasteiger partial charge in [0.25, 0.3) is 15.9 Å². The molecule has 0 aliphatic carbocycles. The molecule has 0 fully saturated rings. The maximum Gasteiger partial charge on any atom is 0.331 e. The number of aliphatic imine (C=N–C) groups is 1. The van der Waals surface area contributed by atoms with E-state index in [1.54, 1.807) is 35.2 Å². The van der Waals surface area contributed by atoms with Crippen molar-refractivity contribution in [3.05, 3.63) is 60.2 Å². The number of hydrogen-bond acceptors (Lipinski definition) is 6. The van der Waals surface area contributed by atoms with Crippen LogP contribution < -0.4 is 9.62 Å². The van der Waals surface area contributed by atoms with Gasteiger partial charge in [-0.1, -0.05) is 30.3 Å². The van der Waals surface area contributed by atoms with Crippen molar-refractivity contribution in [3.63, 3.8) is 0 Å². The van der Waals surface area contributed by atoms with Gasteiger partial charge in [0.05, 0.1) is 4.90 Å². The Bertz CT molecular complexity index is 1080. The smallest absolute Gasteiger partial charge is 0.331 e. The zero-order chi connectivity index (χ0) is 21.9. The highest BCUT2D eigenvalue weighted by Gasteiger charge is 2.31. The van der Waals surface area contributed by atoms with Crippen LogP contribution in [0.3, 0.4) is 0 Å². The lowest BCUT2D eigenvalue weighted by Gasteiger charge is -2.26. The summed E-state index contributed by atoms with van der Waals surface area (Å²) in [6.45, 7) is 4.77. The first kappa shape index (κ1) is 21.5. The number of amidine groups is 1. The predicted octanol–water partition coefficient (Wildman–Crippen LogP) is 2.10. The molecule has 8 nitrogen and oxygen atoms in total. The second-order valence-corrected chi connectivity index (χ2v) is 8.71. The van der Waals surface area contributed by atoms with E-state index in [0.29, 0.717) is 11.3 Å². The average Bonchev–Trinajstić information content (AvgIpc) is 2.97. The van der Waals surface area contributed by atoms with Crippen molar-refractivity contribution in [2.75, 3.05) is 11.5 Å². The molecule has 0 radical (unpaired) electrons. The number of nitrogens with zero attached hydrogens (tertiary/aromatic N) is 2. The number of anilines is 1. The van der Waals surface area contributed by atoms with Crippen LogP contribution in [-0.2, 0) is 24.3 Å². The third kappa shape index (κ3) is 4.51. The highest BCUT2D eigenvalue weighted by Crippen LogP contribution is 2.22. The van der Waals surface area contributed by atoms with Crippen molar-refractivity contribution < 1.29 is 22.7 Å². The fraction of sp³-hybridized carbons (Fsp3) is 0.286. The monoisotopic (exact) mass is 429 g/mol. The number of esters is 1. The van der Waals surface area contributed by atoms with Gasteiger partial charge in [-0.3, -0.25) is 14.5 Å². The summed E-state index contributed by atoms with van der Waals surface area (Å²) in [6, 6.07) is 14.3. The Labute approximate surface area is 175 Å². The number of carbonyl (C=O) groups excluding carboxylic acids is 2. The largest absolute Gasteiger partial charge is 0.454 e. The van der Waals surface area contributed by atoms with E-state index in [1.165, 1.54) is 13.0 Å². The third-order valence-electron chi connectivity index (χ3n) is 4.48. The second kappa shape index (κ2) is 8.66. The van der Waals surface area contributed by atoms with E-state index in [2.05, 4.69) is 9.71 Å². The molecule has 1 aliphatic rings. The molecule has 9 heteroatoms. The molecule has 0 aromatic heterocycles. The van der Waals surface area contributed by atoms with E-state index in [-0.39, 0.29) is 22.7 Å². The number of fused-ring (bicyclic) bond motifs is 1. The minimum atomic E-state index is -3.70. The summed E-state index contributed by atoms with van der Waals surface area (Å²) in [5, 5.41) is 0. The van der Waals surface area contributed by atoms with Crippen LogP contribution >= 0.6 is 0 Å². The van der Waals surface area contributed by atoms with Crippen molar-refractivity contribution in [1.82, 2.24) is 4.72 Å². The molecule has 1 amide bonds. The molecule has 158 valence electrons. The van der Waals surface area contributed by atoms with Gasteiger partial charge >= 0.3 is 5.97 Å². The van der Waals surface area contributed by atoms with Crippen LogP contribution in [0.2, 0.25) is 0 Å². The number of para-hydroxylation sites is 1. The molecule has 0 saturated carbocycles. The molecule has 0 spiro atoms. The van der Waals surface area contributed by atoms with Crippen LogP contribution in [0, 0.1) is 0 Å². The Balaban J connectivity index is 1.68. The summed E-state index contributed by atoms with van der Waals surface area (Å²) < 4.78 is 31.8. The van der Waals surface area contributed by atoms with E-state index >= 15 is 0 Å². The van der Waals surface area contributed by atoms with Crippen molar-refractivity contribution in [2.45, 2.75) is 37.8 Å². The Morgan fingerprint density at radius 1 is 1.03 bits per heavy atom. The molecule has 1 heterocycles. The van der Waals surface area contributed by atoms with Crippen molar-refractivity contribution >= 4 is 33.4 Å². The van der Waals surface area contributed by atoms with Crippen LogP contribution in [0.25, 0.3) is 0 Å². The predicted molar refractivity (Wildman–Crippen MR) is 113 cm³/mol. The summed E-state index contributed by atoms with van der Waals surface area (Å²) in [4.78, 5) is 30.8. The standard InChI is InChI=1S/C21H23N3O5S/c1-14(2)24(16-9-5-4-6-10-16)19(25)13-29-21(26)15(3)22-20-17-11-7-8-12-18(17)30(27,28)23-20/h4-12,14-15H,13H2,1-3H3,(H,22,23)/t15-/m0/s1. The fourth-order valence-electron chi connectivity index (χ4n) is 3.12. The molecule has 0 bridgehead atoms. The Hall–Kier alpha value is -3.20. The SMILES string of the molecule is CC(C)N(C(=O)COC(=O)[C@H](C)N=C1NS(=O)(=O)c2ccccc21)c1ccccc1. The molecule has 1 atom stereocenters. The van der Waals surface area contributed by atoms with Gasteiger partial charge in [0, 0.05) is 17.3 Å². The first-order chi connectivity index (χ1) is 14.2. The lowest BCUT2D eigenvalue weighted by molar-refractivity contribution is -0.148. The summed E-state index contributed by atoms with van der Waals surface area (Å²) in [7, 11) is -3.70. The highest BCUT2D eigenvalue weighted by atomic mass is 32.2. The van der Waals surface area contributed by atoms with E-state index in [4.69, 9.17) is 4.74 Å². The molecule has 2 aromatic carbocycles. The number of nitrogens with one attached hydrogen (secondary N) is 1. The minimum absolute atomic E-state index is 0.0782. The van der Waals surface area contributed by atoms with Gasteiger partial charge in [-0.15, -0.1) is 0 Å². The Morgan fingerprint density at radius 2 is 1.67 bits per heavy atom. The van der Waals surface area contributed by atoms with Gasteiger partial charge in [0.1, 0.15) is 11.9 Å². The van der Waals surface area contributed by atoms with Gasteiger partial charge in [-0.25, -0.2) is 13.2 Å². The topological polar surface area (TPSA) is 105 Å². The summed E-state index contributed by atoms with van der Waals surface area (Å²) in [5.41, 5.74) is 1.10. The second-order valence-electron chi connectivity index (χ2n) is 7.06. The number of hydrogen-bond donors (Lipinski definition) is 1. The van der Waals surface area contributed by atoms with Gasteiger partial charge in [0.15, 0.2) is 6.61 Å². The fourth-order valence-corrected chi connectivity index (χ4v) is 4.36. The van der Waals surface area contributed by atoms with Crippen LogP contribution in [0.5, 0.6) is 0 Å². The first-order valence-electron chi connectivity index (χ1n) is 9.44. The number of rotatable bonds is 6. The Morgan fingerprint density at radius 3 is 2.33 bits per heavy atom. The Kier molecular flexibility index (Phi) is 6.21. The van der Waals surface area contributed by atoms with Gasteiger partial charge in [-0.2, -0.15) is 0 Å². The molecule has 1 N–H and O–H groups in total. The van der Waals surface area contributed by atoms with E-state index in [0.717, 1.165) is 0 Å². The number of benzene rings is 2. The summed E-state index contributed by atoms with van der Waals surface area (Å²) >= 11 is 0. The molecule has 3 rings (SSSR count). The molecular formula is C21H23N3O5S. The van der Waals surface area contributed by atoms with Crippen molar-refractivity contribution in [1.29, 1.82) is 0 Å². The summed E-state index contributed by atoms with van der Waals surface area (Å²) in [5.74, 6) is -1.01.